The number of nitrogens with one attached hydrogen (secondary N) is 1. The van der Waals surface area contributed by atoms with Crippen molar-refractivity contribution in [3.63, 3.8) is 0 Å². The minimum atomic E-state index is -0.303. The van der Waals surface area contributed by atoms with Crippen molar-refractivity contribution in [2.75, 3.05) is 13.1 Å². The molecule has 2 rings (SSSR count). The summed E-state index contributed by atoms with van der Waals surface area (Å²) < 4.78 is 0. The van der Waals surface area contributed by atoms with Gasteiger partial charge in [-0.3, -0.25) is 9.59 Å². The van der Waals surface area contributed by atoms with E-state index in [1.54, 1.807) is 4.90 Å². The Morgan fingerprint density at radius 2 is 2.27 bits per heavy atom. The van der Waals surface area contributed by atoms with Crippen LogP contribution in [0, 0.1) is 0 Å². The quantitative estimate of drug-likeness (QED) is 0.597. The molecule has 0 aliphatic carbocycles. The fourth-order valence-electron chi connectivity index (χ4n) is 2.23. The third-order valence-electron chi connectivity index (χ3n) is 3.06. The Morgan fingerprint density at radius 1 is 1.47 bits per heavy atom. The van der Waals surface area contributed by atoms with Gasteiger partial charge in [0.15, 0.2) is 0 Å². The van der Waals surface area contributed by atoms with Crippen LogP contribution in [-0.4, -0.2) is 41.9 Å². The molecule has 3 N–H and O–H groups in total. The monoisotopic (exact) mass is 211 g/mol. The Labute approximate surface area is 89.0 Å². The minimum Gasteiger partial charge on any atom is -0.344 e. The second kappa shape index (κ2) is 4.18. The van der Waals surface area contributed by atoms with Crippen LogP contribution in [0.4, 0.5) is 0 Å². The maximum atomic E-state index is 11.9. The van der Waals surface area contributed by atoms with E-state index in [0.29, 0.717) is 19.4 Å². The number of hydrogen-bond acceptors (Lipinski definition) is 3. The average molecular weight is 211 g/mol. The first-order valence-electron chi connectivity index (χ1n) is 5.50. The highest BCUT2D eigenvalue weighted by Crippen LogP contribution is 2.14. The predicted octanol–water partition coefficient (Wildman–Crippen LogP) is -0.785. The number of rotatable bonds is 1. The van der Waals surface area contributed by atoms with Crippen molar-refractivity contribution in [1.29, 1.82) is 0 Å². The van der Waals surface area contributed by atoms with Crippen LogP contribution in [0.15, 0.2) is 0 Å². The van der Waals surface area contributed by atoms with Crippen LogP contribution in [0.5, 0.6) is 0 Å². The maximum absolute atomic E-state index is 11.9. The van der Waals surface area contributed by atoms with Gasteiger partial charge >= 0.3 is 0 Å². The lowest BCUT2D eigenvalue weighted by Gasteiger charge is -2.32. The molecule has 0 aromatic rings. The first-order valence-corrected chi connectivity index (χ1v) is 5.50. The van der Waals surface area contributed by atoms with Gasteiger partial charge in [0.05, 0.1) is 0 Å². The summed E-state index contributed by atoms with van der Waals surface area (Å²) >= 11 is 0. The maximum Gasteiger partial charge on any atom is 0.245 e. The van der Waals surface area contributed by atoms with Crippen LogP contribution in [-0.2, 0) is 9.59 Å². The summed E-state index contributed by atoms with van der Waals surface area (Å²) in [4.78, 5) is 24.7. The highest BCUT2D eigenvalue weighted by Gasteiger charge is 2.32. The van der Waals surface area contributed by atoms with Gasteiger partial charge in [-0.1, -0.05) is 0 Å². The molecule has 15 heavy (non-hydrogen) atoms. The Balaban J connectivity index is 1.92. The van der Waals surface area contributed by atoms with Crippen molar-refractivity contribution >= 4 is 11.8 Å². The summed E-state index contributed by atoms with van der Waals surface area (Å²) in [7, 11) is 0. The smallest absolute Gasteiger partial charge is 0.245 e. The van der Waals surface area contributed by atoms with Gasteiger partial charge in [-0.15, -0.1) is 0 Å². The van der Waals surface area contributed by atoms with Crippen LogP contribution in [0.2, 0.25) is 0 Å². The summed E-state index contributed by atoms with van der Waals surface area (Å²) in [6, 6.07) is -0.206. The van der Waals surface area contributed by atoms with E-state index in [1.807, 2.05) is 0 Å². The molecule has 2 aliphatic heterocycles. The molecule has 0 bridgehead atoms. The molecule has 0 aromatic carbocycles. The van der Waals surface area contributed by atoms with Gasteiger partial charge in [0.1, 0.15) is 6.04 Å². The molecule has 2 saturated heterocycles. The summed E-state index contributed by atoms with van der Waals surface area (Å²) in [6.07, 6.45) is 3.05. The van der Waals surface area contributed by atoms with Crippen molar-refractivity contribution in [3.8, 4) is 0 Å². The summed E-state index contributed by atoms with van der Waals surface area (Å²) in [5.41, 5.74) is 5.81. The van der Waals surface area contributed by atoms with Crippen LogP contribution >= 0.6 is 0 Å². The first-order chi connectivity index (χ1) is 7.16. The largest absolute Gasteiger partial charge is 0.344 e. The Kier molecular flexibility index (Phi) is 2.90. The SMILES string of the molecule is NC1CCCN(C(=O)C2CCC(=O)N2)C1. The number of likely N-dealkylation sites (tertiary alicyclic amines) is 1. The molecule has 2 fully saturated rings. The average Bonchev–Trinajstić information content (AvgIpc) is 2.64. The van der Waals surface area contributed by atoms with Gasteiger partial charge in [-0.05, 0) is 19.3 Å². The zero-order valence-corrected chi connectivity index (χ0v) is 8.74. The Morgan fingerprint density at radius 3 is 2.87 bits per heavy atom. The van der Waals surface area contributed by atoms with E-state index in [0.717, 1.165) is 19.4 Å². The van der Waals surface area contributed by atoms with Gasteiger partial charge in [0, 0.05) is 25.6 Å². The van der Waals surface area contributed by atoms with Crippen LogP contribution in [0.3, 0.4) is 0 Å². The second-order valence-electron chi connectivity index (χ2n) is 4.35. The van der Waals surface area contributed by atoms with Crippen molar-refractivity contribution in [3.05, 3.63) is 0 Å². The summed E-state index contributed by atoms with van der Waals surface area (Å²) in [5.74, 6) is 0.0191. The molecule has 5 nitrogen and oxygen atoms in total. The van der Waals surface area contributed by atoms with E-state index in [-0.39, 0.29) is 23.9 Å². The van der Waals surface area contributed by atoms with Gasteiger partial charge < -0.3 is 16.0 Å². The zero-order chi connectivity index (χ0) is 10.8. The van der Waals surface area contributed by atoms with E-state index in [9.17, 15) is 9.59 Å². The molecule has 0 radical (unpaired) electrons. The topological polar surface area (TPSA) is 75.4 Å². The summed E-state index contributed by atoms with van der Waals surface area (Å²) in [6.45, 7) is 1.41. The number of carbonyl (C=O) groups excluding carboxylic acids is 2. The second-order valence-corrected chi connectivity index (χ2v) is 4.35. The van der Waals surface area contributed by atoms with E-state index in [4.69, 9.17) is 5.73 Å². The molecule has 0 aromatic heterocycles. The third-order valence-corrected chi connectivity index (χ3v) is 3.06. The van der Waals surface area contributed by atoms with Crippen LogP contribution < -0.4 is 11.1 Å². The fourth-order valence-corrected chi connectivity index (χ4v) is 2.23. The van der Waals surface area contributed by atoms with Gasteiger partial charge in [0.2, 0.25) is 11.8 Å². The molecule has 0 spiro atoms. The van der Waals surface area contributed by atoms with E-state index >= 15 is 0 Å². The van der Waals surface area contributed by atoms with Crippen molar-refractivity contribution in [1.82, 2.24) is 10.2 Å². The summed E-state index contributed by atoms with van der Waals surface area (Å²) in [5, 5.41) is 2.69. The molecule has 84 valence electrons. The highest BCUT2D eigenvalue weighted by atomic mass is 16.2. The number of amides is 2. The molecule has 2 amide bonds. The van der Waals surface area contributed by atoms with E-state index in [1.165, 1.54) is 0 Å². The normalized spacial score (nSPS) is 31.5. The first kappa shape index (κ1) is 10.4. The molecule has 2 heterocycles. The lowest BCUT2D eigenvalue weighted by atomic mass is 10.1. The number of nitrogens with zero attached hydrogens (tertiary/aromatic N) is 1. The molecule has 2 aliphatic rings. The van der Waals surface area contributed by atoms with Crippen molar-refractivity contribution in [2.24, 2.45) is 5.73 Å². The lowest BCUT2D eigenvalue weighted by Crippen LogP contribution is -2.51. The van der Waals surface area contributed by atoms with Crippen LogP contribution in [0.1, 0.15) is 25.7 Å². The number of piperidine rings is 1. The van der Waals surface area contributed by atoms with Gasteiger partial charge in [-0.2, -0.15) is 0 Å². The van der Waals surface area contributed by atoms with Crippen molar-refractivity contribution < 1.29 is 9.59 Å². The third kappa shape index (κ3) is 2.28. The molecule has 2 unspecified atom stereocenters. The van der Waals surface area contributed by atoms with E-state index in [2.05, 4.69) is 5.32 Å². The molecular formula is C10H17N3O2. The zero-order valence-electron chi connectivity index (χ0n) is 8.74. The number of carbonyl (C=O) groups is 2. The molecule has 5 heteroatoms. The van der Waals surface area contributed by atoms with Crippen LogP contribution in [0.25, 0.3) is 0 Å². The standard InChI is InChI=1S/C10H17N3O2/c11-7-2-1-5-13(6-7)10(15)8-3-4-9(14)12-8/h7-8H,1-6,11H2,(H,12,14). The predicted molar refractivity (Wildman–Crippen MR) is 55.0 cm³/mol. The Bertz CT molecular complexity index is 280. The number of nitrogens with two attached hydrogens (primary N) is 1. The minimum absolute atomic E-state index is 0.0188. The number of hydrogen-bond donors (Lipinski definition) is 2. The highest BCUT2D eigenvalue weighted by molar-refractivity contribution is 5.90. The van der Waals surface area contributed by atoms with Gasteiger partial charge in [0.25, 0.3) is 0 Å². The molecule has 2 atom stereocenters. The van der Waals surface area contributed by atoms with E-state index < -0.39 is 0 Å². The van der Waals surface area contributed by atoms with Gasteiger partial charge in [-0.25, -0.2) is 0 Å². The molecule has 0 saturated carbocycles. The molecular weight excluding hydrogens is 194 g/mol. The lowest BCUT2D eigenvalue weighted by molar-refractivity contribution is -0.135. The Hall–Kier alpha value is -1.10. The fraction of sp³-hybridized carbons (Fsp3) is 0.800. The van der Waals surface area contributed by atoms with Crippen molar-refractivity contribution in [2.45, 2.75) is 37.8 Å².